The molecule has 5 nitrogen and oxygen atoms in total. The molecular formula is C20H27Cl2N2O3P. The summed E-state index contributed by atoms with van der Waals surface area (Å²) in [4.78, 5) is 0. The van der Waals surface area contributed by atoms with Crippen LogP contribution in [0.15, 0.2) is 42.5 Å². The van der Waals surface area contributed by atoms with Gasteiger partial charge in [0.2, 0.25) is 0 Å². The van der Waals surface area contributed by atoms with Crippen molar-refractivity contribution >= 4 is 41.6 Å². The van der Waals surface area contributed by atoms with Crippen molar-refractivity contribution in [3.05, 3.63) is 42.5 Å². The van der Waals surface area contributed by atoms with Crippen LogP contribution in [0.3, 0.4) is 0 Å². The van der Waals surface area contributed by atoms with Crippen LogP contribution in [0.1, 0.15) is 13.8 Å². The first kappa shape index (κ1) is 21.9. The lowest BCUT2D eigenvalue weighted by Crippen LogP contribution is -2.35. The summed E-state index contributed by atoms with van der Waals surface area (Å²) < 4.78 is 29.6. The Hall–Kier alpha value is -0.810. The molecule has 154 valence electrons. The zero-order valence-electron chi connectivity index (χ0n) is 16.3. The van der Waals surface area contributed by atoms with Gasteiger partial charge in [-0.1, -0.05) is 36.4 Å². The molecule has 2 aromatic carbocycles. The van der Waals surface area contributed by atoms with Gasteiger partial charge in [-0.2, -0.15) is 0 Å². The zero-order chi connectivity index (χ0) is 20.1. The number of ether oxygens (including phenoxy) is 1. The molecule has 0 amide bonds. The summed E-state index contributed by atoms with van der Waals surface area (Å²) in [6.45, 7) is 5.84. The van der Waals surface area contributed by atoms with Crippen LogP contribution in [0.25, 0.3) is 10.8 Å². The summed E-state index contributed by atoms with van der Waals surface area (Å²) in [6, 6.07) is 14.1. The first-order valence-corrected chi connectivity index (χ1v) is 12.1. The fourth-order valence-electron chi connectivity index (χ4n) is 3.48. The van der Waals surface area contributed by atoms with Gasteiger partial charge in [-0.3, -0.25) is 9.09 Å². The number of nitrogens with zero attached hydrogens (tertiary/aromatic N) is 2. The van der Waals surface area contributed by atoms with Gasteiger partial charge in [-0.05, 0) is 25.3 Å². The third-order valence-electron chi connectivity index (χ3n) is 4.81. The molecule has 0 radical (unpaired) electrons. The molecule has 0 saturated carbocycles. The van der Waals surface area contributed by atoms with Crippen molar-refractivity contribution in [2.45, 2.75) is 26.0 Å². The second kappa shape index (κ2) is 9.80. The molecule has 1 heterocycles. The van der Waals surface area contributed by atoms with E-state index in [-0.39, 0.29) is 12.1 Å². The van der Waals surface area contributed by atoms with Crippen molar-refractivity contribution in [3.8, 4) is 5.75 Å². The van der Waals surface area contributed by atoms with E-state index in [0.29, 0.717) is 38.0 Å². The molecule has 1 fully saturated rings. The highest BCUT2D eigenvalue weighted by Crippen LogP contribution is 2.60. The third-order valence-corrected chi connectivity index (χ3v) is 8.12. The van der Waals surface area contributed by atoms with Crippen molar-refractivity contribution in [3.63, 3.8) is 0 Å². The van der Waals surface area contributed by atoms with Gasteiger partial charge in [0.1, 0.15) is 18.5 Å². The zero-order valence-corrected chi connectivity index (χ0v) is 18.7. The van der Waals surface area contributed by atoms with E-state index in [1.54, 1.807) is 4.67 Å². The molecule has 2 atom stereocenters. The molecule has 3 rings (SSSR count). The Kier molecular flexibility index (Phi) is 7.66. The second-order valence-corrected chi connectivity index (χ2v) is 10.1. The van der Waals surface area contributed by atoms with Crippen molar-refractivity contribution in [2.24, 2.45) is 0 Å². The Balaban J connectivity index is 1.75. The van der Waals surface area contributed by atoms with E-state index < -0.39 is 7.67 Å². The van der Waals surface area contributed by atoms with Gasteiger partial charge < -0.3 is 4.74 Å². The molecule has 8 heteroatoms. The number of rotatable bonds is 9. The highest BCUT2D eigenvalue weighted by molar-refractivity contribution is 7.54. The Morgan fingerprint density at radius 2 is 1.86 bits per heavy atom. The molecule has 1 aliphatic heterocycles. The van der Waals surface area contributed by atoms with Crippen LogP contribution >= 0.6 is 30.9 Å². The topological polar surface area (TPSA) is 42.0 Å². The van der Waals surface area contributed by atoms with Gasteiger partial charge in [0.25, 0.3) is 0 Å². The van der Waals surface area contributed by atoms with E-state index in [1.807, 2.05) is 48.8 Å². The predicted octanol–water partition coefficient (Wildman–Crippen LogP) is 5.22. The summed E-state index contributed by atoms with van der Waals surface area (Å²) in [5.41, 5.74) is 0. The molecule has 2 aromatic rings. The number of fused-ring (bicyclic) bond motifs is 1. The molecule has 0 unspecified atom stereocenters. The van der Waals surface area contributed by atoms with Crippen LogP contribution in [-0.4, -0.2) is 59.5 Å². The lowest BCUT2D eigenvalue weighted by molar-refractivity contribution is 0.146. The molecule has 0 aromatic heterocycles. The van der Waals surface area contributed by atoms with Crippen molar-refractivity contribution in [2.75, 3.05) is 38.0 Å². The highest BCUT2D eigenvalue weighted by atomic mass is 35.5. The normalized spacial score (nSPS) is 23.1. The molecule has 0 N–H and O–H groups in total. The van der Waals surface area contributed by atoms with E-state index >= 15 is 0 Å². The predicted molar refractivity (Wildman–Crippen MR) is 117 cm³/mol. The first-order chi connectivity index (χ1) is 13.5. The Morgan fingerprint density at radius 1 is 1.18 bits per heavy atom. The maximum absolute atomic E-state index is 13.8. The summed E-state index contributed by atoms with van der Waals surface area (Å²) in [6.07, 6.45) is -0.291. The van der Waals surface area contributed by atoms with E-state index in [1.165, 1.54) is 0 Å². The number of hydrogen-bond donors (Lipinski definition) is 0. The summed E-state index contributed by atoms with van der Waals surface area (Å²) in [7, 11) is -3.19. The van der Waals surface area contributed by atoms with Gasteiger partial charge in [-0.15, -0.1) is 23.2 Å². The monoisotopic (exact) mass is 444 g/mol. The maximum Gasteiger partial charge on any atom is 0.346 e. The van der Waals surface area contributed by atoms with Crippen LogP contribution in [-0.2, 0) is 9.09 Å². The fraction of sp³-hybridized carbons (Fsp3) is 0.500. The van der Waals surface area contributed by atoms with E-state index in [4.69, 9.17) is 32.5 Å². The smallest absolute Gasteiger partial charge is 0.346 e. The summed E-state index contributed by atoms with van der Waals surface area (Å²) >= 11 is 11.9. The Bertz CT molecular complexity index is 825. The van der Waals surface area contributed by atoms with Crippen molar-refractivity contribution < 1.29 is 13.8 Å². The van der Waals surface area contributed by atoms with Crippen LogP contribution in [0, 0.1) is 0 Å². The molecule has 1 aliphatic rings. The number of hydrogen-bond acceptors (Lipinski definition) is 3. The SMILES string of the molecule is CC(C)N1C[C@@H](COc2cccc3ccccc23)O[P@]1(=O)N(CCCl)CCCl. The van der Waals surface area contributed by atoms with E-state index in [9.17, 15) is 4.57 Å². The standard InChI is InChI=1S/C20H27Cl2N2O3P/c1-16(2)24-14-18(27-28(24,25)23(12-10-21)13-11-22)15-26-20-9-5-7-17-6-3-4-8-19(17)20/h3-9,16,18H,10-15H2,1-2H3/t18-,28+/m0/s1. The minimum atomic E-state index is -3.19. The molecule has 0 aliphatic carbocycles. The molecular weight excluding hydrogens is 418 g/mol. The summed E-state index contributed by atoms with van der Waals surface area (Å²) in [5, 5.41) is 2.18. The minimum absolute atomic E-state index is 0.0709. The fourth-order valence-corrected chi connectivity index (χ4v) is 6.90. The van der Waals surface area contributed by atoms with Crippen LogP contribution < -0.4 is 4.74 Å². The van der Waals surface area contributed by atoms with Gasteiger partial charge >= 0.3 is 7.67 Å². The lowest BCUT2D eigenvalue weighted by Gasteiger charge is -2.34. The van der Waals surface area contributed by atoms with Crippen molar-refractivity contribution in [1.29, 1.82) is 0 Å². The van der Waals surface area contributed by atoms with Gasteiger partial charge in [0.15, 0.2) is 0 Å². The summed E-state index contributed by atoms with van der Waals surface area (Å²) in [5.74, 6) is 1.54. The van der Waals surface area contributed by atoms with E-state index in [0.717, 1.165) is 16.5 Å². The maximum atomic E-state index is 13.8. The number of halogens is 2. The average molecular weight is 445 g/mol. The Labute approximate surface area is 177 Å². The van der Waals surface area contributed by atoms with Gasteiger partial charge in [0.05, 0.1) is 0 Å². The molecule has 0 spiro atoms. The van der Waals surface area contributed by atoms with Crippen LogP contribution in [0.5, 0.6) is 5.75 Å². The molecule has 1 saturated heterocycles. The number of alkyl halides is 2. The first-order valence-electron chi connectivity index (χ1n) is 9.53. The quantitative estimate of drug-likeness (QED) is 0.391. The lowest BCUT2D eigenvalue weighted by atomic mass is 10.1. The number of benzene rings is 2. The molecule has 28 heavy (non-hydrogen) atoms. The highest BCUT2D eigenvalue weighted by Gasteiger charge is 2.48. The average Bonchev–Trinajstić information content (AvgIpc) is 3.04. The second-order valence-electron chi connectivity index (χ2n) is 7.05. The van der Waals surface area contributed by atoms with Crippen molar-refractivity contribution in [1.82, 2.24) is 9.34 Å². The van der Waals surface area contributed by atoms with E-state index in [2.05, 4.69) is 12.1 Å². The van der Waals surface area contributed by atoms with Gasteiger partial charge in [-0.25, -0.2) is 9.34 Å². The Morgan fingerprint density at radius 3 is 2.54 bits per heavy atom. The van der Waals surface area contributed by atoms with Crippen LogP contribution in [0.2, 0.25) is 0 Å². The minimum Gasteiger partial charge on any atom is -0.490 e. The largest absolute Gasteiger partial charge is 0.490 e. The van der Waals surface area contributed by atoms with Crippen LogP contribution in [0.4, 0.5) is 0 Å². The molecule has 0 bridgehead atoms. The van der Waals surface area contributed by atoms with Gasteiger partial charge in [0, 0.05) is 42.8 Å². The third kappa shape index (κ3) is 4.67.